The van der Waals surface area contributed by atoms with Crippen molar-refractivity contribution >= 4 is 5.91 Å². The second-order valence-corrected chi connectivity index (χ2v) is 2.67. The maximum absolute atomic E-state index is 10.7. The van der Waals surface area contributed by atoms with Crippen LogP contribution in [0.1, 0.15) is 26.2 Å². The molecular formula is C7H13NO2. The molecule has 1 fully saturated rings. The summed E-state index contributed by atoms with van der Waals surface area (Å²) in [6.07, 6.45) is 1.96. The lowest BCUT2D eigenvalue weighted by Gasteiger charge is -2.32. The Morgan fingerprint density at radius 1 is 1.70 bits per heavy atom. The van der Waals surface area contributed by atoms with Crippen molar-refractivity contribution in [1.82, 2.24) is 5.32 Å². The minimum absolute atomic E-state index is 0.0313. The smallest absolute Gasteiger partial charge is 0.220 e. The van der Waals surface area contributed by atoms with Crippen molar-refractivity contribution in [1.29, 1.82) is 0 Å². The van der Waals surface area contributed by atoms with Crippen LogP contribution in [0.4, 0.5) is 0 Å². The van der Waals surface area contributed by atoms with E-state index in [9.17, 15) is 4.79 Å². The number of aliphatic hydroxyl groups excluding tert-OH is 1. The molecule has 58 valence electrons. The Labute approximate surface area is 60.4 Å². The van der Waals surface area contributed by atoms with Crippen molar-refractivity contribution in [2.45, 2.75) is 38.3 Å². The number of amides is 1. The first kappa shape index (κ1) is 7.54. The third-order valence-electron chi connectivity index (χ3n) is 1.91. The van der Waals surface area contributed by atoms with Gasteiger partial charge in [0.05, 0.1) is 12.1 Å². The summed E-state index contributed by atoms with van der Waals surface area (Å²) >= 11 is 0. The summed E-state index contributed by atoms with van der Waals surface area (Å²) in [5.41, 5.74) is 0. The van der Waals surface area contributed by atoms with E-state index in [-0.39, 0.29) is 18.1 Å². The van der Waals surface area contributed by atoms with Gasteiger partial charge in [0.15, 0.2) is 0 Å². The van der Waals surface area contributed by atoms with E-state index >= 15 is 0 Å². The summed E-state index contributed by atoms with van der Waals surface area (Å²) in [5, 5.41) is 11.8. The second kappa shape index (κ2) is 3.01. The Bertz CT molecular complexity index is 136. The fraction of sp³-hybridized carbons (Fsp3) is 0.857. The highest BCUT2D eigenvalue weighted by atomic mass is 16.3. The summed E-state index contributed by atoms with van der Waals surface area (Å²) in [5.74, 6) is 0.0313. The molecule has 0 bridgehead atoms. The lowest BCUT2D eigenvalue weighted by Crippen LogP contribution is -2.49. The minimum atomic E-state index is -0.296. The molecule has 0 aromatic rings. The van der Waals surface area contributed by atoms with E-state index in [1.165, 1.54) is 0 Å². The van der Waals surface area contributed by atoms with E-state index in [2.05, 4.69) is 5.32 Å². The lowest BCUT2D eigenvalue weighted by molar-refractivity contribution is -0.123. The van der Waals surface area contributed by atoms with Gasteiger partial charge < -0.3 is 10.4 Å². The third kappa shape index (κ3) is 1.48. The summed E-state index contributed by atoms with van der Waals surface area (Å²) < 4.78 is 0. The molecule has 2 atom stereocenters. The summed E-state index contributed by atoms with van der Waals surface area (Å²) in [6.45, 7) is 1.81. The van der Waals surface area contributed by atoms with Gasteiger partial charge in [-0.3, -0.25) is 4.79 Å². The molecule has 3 nitrogen and oxygen atoms in total. The molecule has 0 radical (unpaired) electrons. The standard InChI is InChI=1S/C7H13NO2/c1-2-7(10)8-5-3-4-6(5)9/h5-6,9H,2-4H2,1H3,(H,8,10)/t5-,6-/m1/s1. The van der Waals surface area contributed by atoms with Gasteiger partial charge in [-0.15, -0.1) is 0 Å². The quantitative estimate of drug-likeness (QED) is 0.573. The maximum Gasteiger partial charge on any atom is 0.220 e. The zero-order chi connectivity index (χ0) is 7.56. The summed E-state index contributed by atoms with van der Waals surface area (Å²) in [7, 11) is 0. The van der Waals surface area contributed by atoms with E-state index < -0.39 is 0 Å². The fourth-order valence-corrected chi connectivity index (χ4v) is 0.960. The van der Waals surface area contributed by atoms with Crippen LogP contribution in [0.25, 0.3) is 0 Å². The van der Waals surface area contributed by atoms with Crippen molar-refractivity contribution in [3.8, 4) is 0 Å². The normalized spacial score (nSPS) is 31.0. The van der Waals surface area contributed by atoms with Crippen molar-refractivity contribution < 1.29 is 9.90 Å². The molecule has 0 spiro atoms. The van der Waals surface area contributed by atoms with Gasteiger partial charge in [-0.05, 0) is 12.8 Å². The first-order chi connectivity index (χ1) is 4.74. The second-order valence-electron chi connectivity index (χ2n) is 2.67. The molecule has 10 heavy (non-hydrogen) atoms. The average Bonchev–Trinajstić information content (AvgIpc) is 1.96. The van der Waals surface area contributed by atoms with Gasteiger partial charge in [0.1, 0.15) is 0 Å². The zero-order valence-electron chi connectivity index (χ0n) is 6.13. The zero-order valence-corrected chi connectivity index (χ0v) is 6.13. The SMILES string of the molecule is CCC(=O)N[C@@H]1CC[C@H]1O. The number of nitrogens with one attached hydrogen (secondary N) is 1. The van der Waals surface area contributed by atoms with Crippen LogP contribution in [0.5, 0.6) is 0 Å². The highest BCUT2D eigenvalue weighted by molar-refractivity contribution is 5.76. The van der Waals surface area contributed by atoms with E-state index in [0.717, 1.165) is 12.8 Å². The van der Waals surface area contributed by atoms with Crippen LogP contribution in [0.15, 0.2) is 0 Å². The summed E-state index contributed by atoms with van der Waals surface area (Å²) in [6, 6.07) is 0.0347. The molecule has 3 heteroatoms. The molecule has 2 N–H and O–H groups in total. The van der Waals surface area contributed by atoms with Gasteiger partial charge in [0.2, 0.25) is 5.91 Å². The molecule has 1 rings (SSSR count). The van der Waals surface area contributed by atoms with E-state index in [4.69, 9.17) is 5.11 Å². The number of rotatable bonds is 2. The number of hydrogen-bond donors (Lipinski definition) is 2. The minimum Gasteiger partial charge on any atom is -0.391 e. The van der Waals surface area contributed by atoms with Crippen LogP contribution in [0.3, 0.4) is 0 Å². The highest BCUT2D eigenvalue weighted by Gasteiger charge is 2.29. The average molecular weight is 143 g/mol. The van der Waals surface area contributed by atoms with Gasteiger partial charge in [0, 0.05) is 6.42 Å². The van der Waals surface area contributed by atoms with Crippen LogP contribution in [-0.2, 0) is 4.79 Å². The van der Waals surface area contributed by atoms with Gasteiger partial charge in [0.25, 0.3) is 0 Å². The molecule has 0 unspecified atom stereocenters. The van der Waals surface area contributed by atoms with Crippen molar-refractivity contribution in [2.24, 2.45) is 0 Å². The van der Waals surface area contributed by atoms with Gasteiger partial charge in [-0.2, -0.15) is 0 Å². The molecule has 0 aromatic heterocycles. The van der Waals surface area contributed by atoms with Crippen LogP contribution < -0.4 is 5.32 Å². The molecule has 1 saturated carbocycles. The molecule has 1 aliphatic rings. The third-order valence-corrected chi connectivity index (χ3v) is 1.91. The largest absolute Gasteiger partial charge is 0.391 e. The lowest BCUT2D eigenvalue weighted by atomic mass is 9.89. The topological polar surface area (TPSA) is 49.3 Å². The Hall–Kier alpha value is -0.570. The van der Waals surface area contributed by atoms with Crippen molar-refractivity contribution in [3.63, 3.8) is 0 Å². The monoisotopic (exact) mass is 143 g/mol. The molecule has 0 heterocycles. The number of carbonyl (C=O) groups is 1. The Morgan fingerprint density at radius 2 is 2.40 bits per heavy atom. The van der Waals surface area contributed by atoms with E-state index in [0.29, 0.717) is 6.42 Å². The van der Waals surface area contributed by atoms with Gasteiger partial charge in [-0.25, -0.2) is 0 Å². The highest BCUT2D eigenvalue weighted by Crippen LogP contribution is 2.19. The Balaban J connectivity index is 2.19. The van der Waals surface area contributed by atoms with Crippen LogP contribution in [-0.4, -0.2) is 23.2 Å². The van der Waals surface area contributed by atoms with Gasteiger partial charge >= 0.3 is 0 Å². The number of carbonyl (C=O) groups excluding carboxylic acids is 1. The Morgan fingerprint density at radius 3 is 2.70 bits per heavy atom. The summed E-state index contributed by atoms with van der Waals surface area (Å²) in [4.78, 5) is 10.7. The van der Waals surface area contributed by atoms with E-state index in [1.54, 1.807) is 6.92 Å². The molecule has 1 aliphatic carbocycles. The molecule has 0 saturated heterocycles. The predicted octanol–water partition coefficient (Wildman–Crippen LogP) is 0.0359. The predicted molar refractivity (Wildman–Crippen MR) is 37.5 cm³/mol. The molecular weight excluding hydrogens is 130 g/mol. The van der Waals surface area contributed by atoms with Crippen molar-refractivity contribution in [3.05, 3.63) is 0 Å². The first-order valence-electron chi connectivity index (χ1n) is 3.71. The number of aliphatic hydroxyl groups is 1. The van der Waals surface area contributed by atoms with Crippen LogP contribution >= 0.6 is 0 Å². The van der Waals surface area contributed by atoms with Crippen LogP contribution in [0, 0.1) is 0 Å². The molecule has 1 amide bonds. The van der Waals surface area contributed by atoms with Crippen LogP contribution in [0.2, 0.25) is 0 Å². The molecule has 0 aliphatic heterocycles. The van der Waals surface area contributed by atoms with E-state index in [1.807, 2.05) is 0 Å². The van der Waals surface area contributed by atoms with Gasteiger partial charge in [-0.1, -0.05) is 6.92 Å². The fourth-order valence-electron chi connectivity index (χ4n) is 0.960. The Kier molecular flexibility index (Phi) is 2.27. The maximum atomic E-state index is 10.7. The first-order valence-corrected chi connectivity index (χ1v) is 3.71. The van der Waals surface area contributed by atoms with Crippen molar-refractivity contribution in [2.75, 3.05) is 0 Å². The molecule has 0 aromatic carbocycles. The number of hydrogen-bond acceptors (Lipinski definition) is 2.